The number of amides is 1. The third-order valence-electron chi connectivity index (χ3n) is 2.56. The number of aryl methyl sites for hydroxylation is 1. The SMILES string of the molecule is Cc1ccc(C(=O)N/N=C/c2cc([N+](=O)[O-])ccc2O)o1. The topological polar surface area (TPSA) is 118 Å². The molecular formula is C13H11N3O5. The molecule has 0 saturated carbocycles. The van der Waals surface area contributed by atoms with Gasteiger partial charge in [0, 0.05) is 17.7 Å². The summed E-state index contributed by atoms with van der Waals surface area (Å²) < 4.78 is 5.10. The fourth-order valence-corrected chi connectivity index (χ4v) is 1.53. The van der Waals surface area contributed by atoms with Crippen molar-refractivity contribution < 1.29 is 19.2 Å². The van der Waals surface area contributed by atoms with E-state index >= 15 is 0 Å². The van der Waals surface area contributed by atoms with Gasteiger partial charge in [-0.15, -0.1) is 0 Å². The van der Waals surface area contributed by atoms with Crippen molar-refractivity contribution in [2.24, 2.45) is 5.10 Å². The molecular weight excluding hydrogens is 278 g/mol. The van der Waals surface area contributed by atoms with Crippen LogP contribution in [0.4, 0.5) is 5.69 Å². The number of carbonyl (C=O) groups is 1. The number of hydrogen-bond donors (Lipinski definition) is 2. The lowest BCUT2D eigenvalue weighted by Gasteiger charge is -1.99. The minimum Gasteiger partial charge on any atom is -0.507 e. The lowest BCUT2D eigenvalue weighted by Crippen LogP contribution is -2.16. The van der Waals surface area contributed by atoms with Gasteiger partial charge in [-0.25, -0.2) is 5.43 Å². The van der Waals surface area contributed by atoms with E-state index in [1.165, 1.54) is 12.1 Å². The van der Waals surface area contributed by atoms with Gasteiger partial charge in [0.2, 0.25) is 0 Å². The van der Waals surface area contributed by atoms with Crippen molar-refractivity contribution in [1.82, 2.24) is 5.43 Å². The number of benzene rings is 1. The highest BCUT2D eigenvalue weighted by atomic mass is 16.6. The Morgan fingerprint density at radius 1 is 1.43 bits per heavy atom. The number of carbonyl (C=O) groups excluding carboxylic acids is 1. The molecule has 21 heavy (non-hydrogen) atoms. The van der Waals surface area contributed by atoms with Gasteiger partial charge in [0.1, 0.15) is 11.5 Å². The molecule has 0 bridgehead atoms. The Balaban J connectivity index is 2.09. The number of phenols is 1. The summed E-state index contributed by atoms with van der Waals surface area (Å²) in [6, 6.07) is 6.60. The Kier molecular flexibility index (Phi) is 3.98. The quantitative estimate of drug-likeness (QED) is 0.506. The molecule has 0 radical (unpaired) electrons. The predicted molar refractivity (Wildman–Crippen MR) is 73.3 cm³/mol. The molecule has 0 fully saturated rings. The van der Waals surface area contributed by atoms with Crippen LogP contribution in [0, 0.1) is 17.0 Å². The molecule has 1 aromatic heterocycles. The third-order valence-corrected chi connectivity index (χ3v) is 2.56. The van der Waals surface area contributed by atoms with E-state index in [1.54, 1.807) is 13.0 Å². The van der Waals surface area contributed by atoms with Crippen molar-refractivity contribution in [1.29, 1.82) is 0 Å². The Bertz CT molecular complexity index is 720. The Morgan fingerprint density at radius 3 is 2.81 bits per heavy atom. The second-order valence-corrected chi connectivity index (χ2v) is 4.11. The number of nitro groups is 1. The van der Waals surface area contributed by atoms with Crippen LogP contribution in [0.1, 0.15) is 21.9 Å². The van der Waals surface area contributed by atoms with E-state index in [9.17, 15) is 20.0 Å². The van der Waals surface area contributed by atoms with Crippen LogP contribution in [0.5, 0.6) is 5.75 Å². The number of aromatic hydroxyl groups is 1. The summed E-state index contributed by atoms with van der Waals surface area (Å²) in [7, 11) is 0. The first-order chi connectivity index (χ1) is 9.97. The second-order valence-electron chi connectivity index (χ2n) is 4.11. The zero-order chi connectivity index (χ0) is 15.4. The largest absolute Gasteiger partial charge is 0.507 e. The monoisotopic (exact) mass is 289 g/mol. The van der Waals surface area contributed by atoms with Crippen molar-refractivity contribution in [2.75, 3.05) is 0 Å². The summed E-state index contributed by atoms with van der Waals surface area (Å²) in [6.07, 6.45) is 1.11. The van der Waals surface area contributed by atoms with E-state index in [0.717, 1.165) is 18.3 Å². The lowest BCUT2D eigenvalue weighted by atomic mass is 10.2. The van der Waals surface area contributed by atoms with Gasteiger partial charge >= 0.3 is 5.91 Å². The molecule has 0 saturated heterocycles. The van der Waals surface area contributed by atoms with Gasteiger partial charge in [0.15, 0.2) is 5.76 Å². The van der Waals surface area contributed by atoms with Crippen LogP contribution in [0.25, 0.3) is 0 Å². The molecule has 0 atom stereocenters. The molecule has 0 aliphatic rings. The smallest absolute Gasteiger partial charge is 0.307 e. The van der Waals surface area contributed by atoms with Crippen LogP contribution >= 0.6 is 0 Å². The average Bonchev–Trinajstić information content (AvgIpc) is 2.87. The van der Waals surface area contributed by atoms with Crippen LogP contribution in [-0.2, 0) is 0 Å². The number of nitro benzene ring substituents is 1. The first-order valence-electron chi connectivity index (χ1n) is 5.84. The Labute approximate surface area is 118 Å². The maximum atomic E-state index is 11.6. The molecule has 0 unspecified atom stereocenters. The number of furan rings is 1. The van der Waals surface area contributed by atoms with Crippen LogP contribution in [0.15, 0.2) is 39.9 Å². The van der Waals surface area contributed by atoms with E-state index in [2.05, 4.69) is 10.5 Å². The molecule has 1 heterocycles. The van der Waals surface area contributed by atoms with Gasteiger partial charge in [0.25, 0.3) is 5.69 Å². The van der Waals surface area contributed by atoms with Crippen molar-refractivity contribution in [3.8, 4) is 5.75 Å². The molecule has 8 heteroatoms. The van der Waals surface area contributed by atoms with Gasteiger partial charge in [-0.1, -0.05) is 0 Å². The third kappa shape index (κ3) is 3.44. The van der Waals surface area contributed by atoms with Crippen molar-refractivity contribution >= 4 is 17.8 Å². The average molecular weight is 289 g/mol. The highest BCUT2D eigenvalue weighted by molar-refractivity contribution is 5.92. The maximum Gasteiger partial charge on any atom is 0.307 e. The minimum absolute atomic E-state index is 0.0907. The molecule has 2 rings (SSSR count). The summed E-state index contributed by atoms with van der Waals surface area (Å²) in [5, 5.41) is 23.8. The molecule has 1 aromatic carbocycles. The maximum absolute atomic E-state index is 11.6. The molecule has 0 aliphatic heterocycles. The van der Waals surface area contributed by atoms with E-state index in [4.69, 9.17) is 4.42 Å². The first kappa shape index (κ1) is 14.3. The van der Waals surface area contributed by atoms with Gasteiger partial charge in [-0.05, 0) is 25.1 Å². The van der Waals surface area contributed by atoms with Gasteiger partial charge in [-0.2, -0.15) is 5.10 Å². The van der Waals surface area contributed by atoms with E-state index in [1.807, 2.05) is 0 Å². The molecule has 108 valence electrons. The highest BCUT2D eigenvalue weighted by Crippen LogP contribution is 2.21. The zero-order valence-electron chi connectivity index (χ0n) is 10.9. The number of rotatable bonds is 4. The first-order valence-corrected chi connectivity index (χ1v) is 5.84. The van der Waals surface area contributed by atoms with Crippen molar-refractivity contribution in [3.63, 3.8) is 0 Å². The highest BCUT2D eigenvalue weighted by Gasteiger charge is 2.10. The fourth-order valence-electron chi connectivity index (χ4n) is 1.53. The molecule has 0 spiro atoms. The Morgan fingerprint density at radius 2 is 2.19 bits per heavy atom. The van der Waals surface area contributed by atoms with Gasteiger partial charge in [0.05, 0.1) is 11.1 Å². The second kappa shape index (κ2) is 5.87. The summed E-state index contributed by atoms with van der Waals surface area (Å²) in [4.78, 5) is 21.7. The summed E-state index contributed by atoms with van der Waals surface area (Å²) in [6.45, 7) is 1.70. The van der Waals surface area contributed by atoms with Crippen molar-refractivity contribution in [2.45, 2.75) is 6.92 Å². The number of hydrogen-bond acceptors (Lipinski definition) is 6. The molecule has 2 N–H and O–H groups in total. The molecule has 1 amide bonds. The summed E-state index contributed by atoms with van der Waals surface area (Å²) in [5.74, 6) is -0.0786. The molecule has 2 aromatic rings. The molecule has 0 aliphatic carbocycles. The van der Waals surface area contributed by atoms with Crippen LogP contribution in [-0.4, -0.2) is 22.2 Å². The summed E-state index contributed by atoms with van der Waals surface area (Å²) in [5.41, 5.74) is 2.11. The number of nitrogens with zero attached hydrogens (tertiary/aromatic N) is 2. The van der Waals surface area contributed by atoms with Crippen LogP contribution in [0.2, 0.25) is 0 Å². The fraction of sp³-hybridized carbons (Fsp3) is 0.0769. The number of non-ortho nitro benzene ring substituents is 1. The van der Waals surface area contributed by atoms with E-state index < -0.39 is 10.8 Å². The van der Waals surface area contributed by atoms with Crippen LogP contribution < -0.4 is 5.43 Å². The van der Waals surface area contributed by atoms with E-state index in [0.29, 0.717) is 5.76 Å². The molecule has 8 nitrogen and oxygen atoms in total. The standard InChI is InChI=1S/C13H11N3O5/c1-8-2-5-12(21-8)13(18)15-14-7-9-6-10(16(19)20)3-4-11(9)17/h2-7,17H,1H3,(H,15,18)/b14-7+. The van der Waals surface area contributed by atoms with Crippen molar-refractivity contribution in [3.05, 3.63) is 57.5 Å². The van der Waals surface area contributed by atoms with Gasteiger partial charge in [-0.3, -0.25) is 14.9 Å². The predicted octanol–water partition coefficient (Wildman–Crippen LogP) is 1.97. The lowest BCUT2D eigenvalue weighted by molar-refractivity contribution is -0.384. The minimum atomic E-state index is -0.596. The van der Waals surface area contributed by atoms with Gasteiger partial charge < -0.3 is 9.52 Å². The number of phenolic OH excluding ortho intramolecular Hbond substituents is 1. The Hall–Kier alpha value is -3.16. The zero-order valence-corrected chi connectivity index (χ0v) is 10.9. The summed E-state index contributed by atoms with van der Waals surface area (Å²) >= 11 is 0. The number of hydrazone groups is 1. The van der Waals surface area contributed by atoms with E-state index in [-0.39, 0.29) is 22.8 Å². The normalized spacial score (nSPS) is 10.7. The number of nitrogens with one attached hydrogen (secondary N) is 1. The van der Waals surface area contributed by atoms with Crippen LogP contribution in [0.3, 0.4) is 0 Å².